The van der Waals surface area contributed by atoms with Crippen LogP contribution in [0.4, 0.5) is 0 Å². The highest BCUT2D eigenvalue weighted by Gasteiger charge is 2.35. The lowest BCUT2D eigenvalue weighted by molar-refractivity contribution is -0.0728. The van der Waals surface area contributed by atoms with Gasteiger partial charge in [0.25, 0.3) is 0 Å². The molecule has 144 valence electrons. The van der Waals surface area contributed by atoms with Gasteiger partial charge in [-0.05, 0) is 46.1 Å². The van der Waals surface area contributed by atoms with E-state index in [-0.39, 0.29) is 16.9 Å². The van der Waals surface area contributed by atoms with Crippen molar-refractivity contribution < 1.29 is 9.47 Å². The zero-order valence-electron chi connectivity index (χ0n) is 17.6. The van der Waals surface area contributed by atoms with Gasteiger partial charge in [-0.1, -0.05) is 78.8 Å². The number of rotatable bonds is 8. The maximum atomic E-state index is 6.33. The fraction of sp³-hybridized carbons (Fsp3) is 0.583. The Hall–Kier alpha value is -1.54. The summed E-state index contributed by atoms with van der Waals surface area (Å²) in [7, 11) is 0. The van der Waals surface area contributed by atoms with Crippen LogP contribution in [0.3, 0.4) is 0 Å². The summed E-state index contributed by atoms with van der Waals surface area (Å²) in [5, 5.41) is 2.44. The molecule has 2 rings (SSSR count). The van der Waals surface area contributed by atoms with Gasteiger partial charge in [0, 0.05) is 0 Å². The Morgan fingerprint density at radius 1 is 0.846 bits per heavy atom. The molecule has 2 heteroatoms. The molecule has 0 spiro atoms. The fourth-order valence-electron chi connectivity index (χ4n) is 3.07. The Labute approximate surface area is 159 Å². The van der Waals surface area contributed by atoms with Gasteiger partial charge in [0.1, 0.15) is 12.4 Å². The van der Waals surface area contributed by atoms with Crippen molar-refractivity contribution in [1.29, 1.82) is 0 Å². The zero-order valence-corrected chi connectivity index (χ0v) is 17.6. The van der Waals surface area contributed by atoms with E-state index in [1.165, 1.54) is 10.8 Å². The summed E-state index contributed by atoms with van der Waals surface area (Å²) in [4.78, 5) is 0. The van der Waals surface area contributed by atoms with Crippen molar-refractivity contribution in [2.45, 2.75) is 61.0 Å². The molecule has 0 bridgehead atoms. The Morgan fingerprint density at radius 3 is 2.12 bits per heavy atom. The summed E-state index contributed by atoms with van der Waals surface area (Å²) in [6.45, 7) is 17.2. The van der Waals surface area contributed by atoms with E-state index < -0.39 is 0 Å². The number of ether oxygens (including phenoxy) is 2. The third-order valence-electron chi connectivity index (χ3n) is 5.51. The van der Waals surface area contributed by atoms with Crippen LogP contribution >= 0.6 is 0 Å². The Balaban J connectivity index is 1.93. The molecule has 2 aromatic rings. The van der Waals surface area contributed by atoms with Gasteiger partial charge in [-0.3, -0.25) is 0 Å². The predicted molar refractivity (Wildman–Crippen MR) is 112 cm³/mol. The minimum absolute atomic E-state index is 0.135. The van der Waals surface area contributed by atoms with Crippen LogP contribution in [0.25, 0.3) is 10.8 Å². The van der Waals surface area contributed by atoms with Gasteiger partial charge in [-0.2, -0.15) is 0 Å². The van der Waals surface area contributed by atoms with Crippen molar-refractivity contribution in [2.24, 2.45) is 16.7 Å². The summed E-state index contributed by atoms with van der Waals surface area (Å²) in [5.74, 6) is 1.47. The standard InChI is InChI=1S/C24H36O2/c1-18(2)24(6,7)22(17-23(3,4)5)26-15-14-25-21-13-12-19-10-8-9-11-20(19)16-21/h8-13,16,18,22H,14-15,17H2,1-7H3. The van der Waals surface area contributed by atoms with E-state index in [2.05, 4.69) is 84.9 Å². The predicted octanol–water partition coefficient (Wildman–Crippen LogP) is 6.72. The minimum atomic E-state index is 0.135. The maximum absolute atomic E-state index is 6.33. The van der Waals surface area contributed by atoms with Crippen LogP contribution in [-0.2, 0) is 4.74 Å². The molecule has 0 aliphatic rings. The van der Waals surface area contributed by atoms with Gasteiger partial charge < -0.3 is 9.47 Å². The topological polar surface area (TPSA) is 18.5 Å². The summed E-state index contributed by atoms with van der Waals surface area (Å²) in [6, 6.07) is 14.6. The van der Waals surface area contributed by atoms with E-state index >= 15 is 0 Å². The molecule has 0 N–H and O–H groups in total. The van der Waals surface area contributed by atoms with Crippen molar-refractivity contribution in [3.05, 3.63) is 42.5 Å². The van der Waals surface area contributed by atoms with Crippen molar-refractivity contribution >= 4 is 10.8 Å². The second-order valence-corrected chi connectivity index (χ2v) is 9.46. The molecular formula is C24H36O2. The van der Waals surface area contributed by atoms with Gasteiger partial charge in [0.15, 0.2) is 0 Å². The highest BCUT2D eigenvalue weighted by molar-refractivity contribution is 5.83. The number of fused-ring (bicyclic) bond motifs is 1. The molecule has 26 heavy (non-hydrogen) atoms. The average Bonchev–Trinajstić information content (AvgIpc) is 2.56. The van der Waals surface area contributed by atoms with Crippen LogP contribution < -0.4 is 4.74 Å². The number of hydrogen-bond donors (Lipinski definition) is 0. The molecule has 0 amide bonds. The van der Waals surface area contributed by atoms with E-state index in [1.807, 2.05) is 6.07 Å². The van der Waals surface area contributed by atoms with Gasteiger partial charge in [-0.25, -0.2) is 0 Å². The summed E-state index contributed by atoms with van der Waals surface area (Å²) >= 11 is 0. The molecule has 1 unspecified atom stereocenters. The molecule has 0 aliphatic carbocycles. The third kappa shape index (κ3) is 5.74. The van der Waals surface area contributed by atoms with E-state index in [1.54, 1.807) is 0 Å². The molecule has 2 aromatic carbocycles. The normalized spacial score (nSPS) is 14.0. The summed E-state index contributed by atoms with van der Waals surface area (Å²) < 4.78 is 12.3. The van der Waals surface area contributed by atoms with Crippen molar-refractivity contribution in [3.63, 3.8) is 0 Å². The average molecular weight is 357 g/mol. The highest BCUT2D eigenvalue weighted by Crippen LogP contribution is 2.38. The summed E-state index contributed by atoms with van der Waals surface area (Å²) in [5.41, 5.74) is 0.381. The van der Waals surface area contributed by atoms with E-state index in [0.29, 0.717) is 19.1 Å². The van der Waals surface area contributed by atoms with Crippen molar-refractivity contribution in [1.82, 2.24) is 0 Å². The molecule has 0 saturated carbocycles. The quantitative estimate of drug-likeness (QED) is 0.489. The molecule has 2 nitrogen and oxygen atoms in total. The second-order valence-electron chi connectivity index (χ2n) is 9.46. The van der Waals surface area contributed by atoms with Gasteiger partial charge in [0.05, 0.1) is 12.7 Å². The molecule has 0 heterocycles. The molecule has 0 aromatic heterocycles. The zero-order chi connectivity index (χ0) is 19.4. The third-order valence-corrected chi connectivity index (χ3v) is 5.51. The Morgan fingerprint density at radius 2 is 1.50 bits per heavy atom. The van der Waals surface area contributed by atoms with E-state index in [9.17, 15) is 0 Å². The number of hydrogen-bond acceptors (Lipinski definition) is 2. The number of benzene rings is 2. The summed E-state index contributed by atoms with van der Waals surface area (Å²) in [6.07, 6.45) is 1.27. The largest absolute Gasteiger partial charge is 0.491 e. The second kappa shape index (κ2) is 8.43. The van der Waals surface area contributed by atoms with Crippen LogP contribution in [0.1, 0.15) is 54.9 Å². The van der Waals surface area contributed by atoms with Gasteiger partial charge in [-0.15, -0.1) is 0 Å². The van der Waals surface area contributed by atoms with Crippen molar-refractivity contribution in [2.75, 3.05) is 13.2 Å². The first-order valence-corrected chi connectivity index (χ1v) is 9.83. The Bertz CT molecular complexity index is 695. The lowest BCUT2D eigenvalue weighted by Gasteiger charge is -2.40. The van der Waals surface area contributed by atoms with Crippen LogP contribution in [-0.4, -0.2) is 19.3 Å². The lowest BCUT2D eigenvalue weighted by atomic mass is 9.71. The minimum Gasteiger partial charge on any atom is -0.491 e. The fourth-order valence-corrected chi connectivity index (χ4v) is 3.07. The van der Waals surface area contributed by atoms with Crippen LogP contribution in [0.5, 0.6) is 5.75 Å². The first kappa shape index (κ1) is 20.8. The molecule has 0 fully saturated rings. The lowest BCUT2D eigenvalue weighted by Crippen LogP contribution is -2.39. The first-order valence-electron chi connectivity index (χ1n) is 9.83. The van der Waals surface area contributed by atoms with E-state index in [4.69, 9.17) is 9.47 Å². The molecule has 1 atom stereocenters. The monoisotopic (exact) mass is 356 g/mol. The molecule has 0 saturated heterocycles. The smallest absolute Gasteiger partial charge is 0.120 e. The van der Waals surface area contributed by atoms with Gasteiger partial charge >= 0.3 is 0 Å². The van der Waals surface area contributed by atoms with E-state index in [0.717, 1.165) is 12.2 Å². The SMILES string of the molecule is CC(C)C(C)(C)C(CC(C)(C)C)OCCOc1ccc2ccccc2c1. The Kier molecular flexibility index (Phi) is 6.74. The van der Waals surface area contributed by atoms with Crippen LogP contribution in [0, 0.1) is 16.7 Å². The van der Waals surface area contributed by atoms with Gasteiger partial charge in [0.2, 0.25) is 0 Å². The highest BCUT2D eigenvalue weighted by atomic mass is 16.5. The first-order chi connectivity index (χ1) is 12.1. The van der Waals surface area contributed by atoms with Crippen molar-refractivity contribution in [3.8, 4) is 5.75 Å². The molecular weight excluding hydrogens is 320 g/mol. The maximum Gasteiger partial charge on any atom is 0.120 e. The van der Waals surface area contributed by atoms with Crippen LogP contribution in [0.15, 0.2) is 42.5 Å². The van der Waals surface area contributed by atoms with Crippen LogP contribution in [0.2, 0.25) is 0 Å². The molecule has 0 aliphatic heterocycles. The molecule has 0 radical (unpaired) electrons.